The zero-order chi connectivity index (χ0) is 22.3. The molecule has 0 saturated carbocycles. The predicted octanol–water partition coefficient (Wildman–Crippen LogP) is 4.61. The number of aromatic nitrogens is 2. The molecule has 2 heterocycles. The Bertz CT molecular complexity index is 1440. The zero-order valence-electron chi connectivity index (χ0n) is 16.0. The predicted molar refractivity (Wildman–Crippen MR) is 121 cm³/mol. The second-order valence-electron chi connectivity index (χ2n) is 6.78. The van der Waals surface area contributed by atoms with Gasteiger partial charge in [0.15, 0.2) is 0 Å². The van der Waals surface area contributed by atoms with Gasteiger partial charge in [-0.3, -0.25) is 14.2 Å². The normalized spacial score (nSPS) is 11.1. The van der Waals surface area contributed by atoms with E-state index in [1.165, 1.54) is 41.0 Å². The molecule has 0 bridgehead atoms. The largest absolute Gasteiger partial charge is 0.336 e. The van der Waals surface area contributed by atoms with Gasteiger partial charge in [0.25, 0.3) is 5.56 Å². The van der Waals surface area contributed by atoms with Crippen molar-refractivity contribution in [3.05, 3.63) is 90.1 Å². The minimum atomic E-state index is -0.704. The number of nitrogens with zero attached hydrogens (tertiary/aromatic N) is 2. The highest BCUT2D eigenvalue weighted by molar-refractivity contribution is 7.17. The highest BCUT2D eigenvalue weighted by Crippen LogP contribution is 2.23. The van der Waals surface area contributed by atoms with Crippen LogP contribution < -0.4 is 16.6 Å². The molecule has 4 rings (SSSR count). The SMILES string of the molecule is Cc1cc(F)ccc1-n1c(=O)c2sccc2n(CC(=O)Nc2cc(Cl)cc(Cl)c2)c1=O. The third kappa shape index (κ3) is 4.14. The van der Waals surface area contributed by atoms with E-state index in [1.807, 2.05) is 0 Å². The maximum absolute atomic E-state index is 13.5. The average molecular weight is 478 g/mol. The molecule has 1 amide bonds. The van der Waals surface area contributed by atoms with Gasteiger partial charge < -0.3 is 5.32 Å². The number of fused-ring (bicyclic) bond motifs is 1. The highest BCUT2D eigenvalue weighted by Gasteiger charge is 2.19. The first-order valence-electron chi connectivity index (χ1n) is 9.00. The first-order valence-corrected chi connectivity index (χ1v) is 10.6. The minimum Gasteiger partial charge on any atom is -0.324 e. The second-order valence-corrected chi connectivity index (χ2v) is 8.57. The van der Waals surface area contributed by atoms with Crippen LogP contribution in [0.3, 0.4) is 0 Å². The third-order valence-electron chi connectivity index (χ3n) is 4.60. The van der Waals surface area contributed by atoms with Gasteiger partial charge in [0.1, 0.15) is 17.1 Å². The van der Waals surface area contributed by atoms with Crippen molar-refractivity contribution >= 4 is 56.3 Å². The molecule has 31 heavy (non-hydrogen) atoms. The van der Waals surface area contributed by atoms with Gasteiger partial charge in [-0.1, -0.05) is 23.2 Å². The van der Waals surface area contributed by atoms with Gasteiger partial charge in [-0.15, -0.1) is 11.3 Å². The van der Waals surface area contributed by atoms with Gasteiger partial charge in [0.05, 0.1) is 11.2 Å². The molecule has 0 unspecified atom stereocenters. The number of anilines is 1. The van der Waals surface area contributed by atoms with Crippen LogP contribution in [-0.4, -0.2) is 15.0 Å². The van der Waals surface area contributed by atoms with E-state index in [0.29, 0.717) is 31.5 Å². The lowest BCUT2D eigenvalue weighted by Gasteiger charge is -2.14. The first kappa shape index (κ1) is 21.3. The standard InChI is InChI=1S/C21H14Cl2FN3O3S/c1-11-6-14(24)2-3-16(11)27-20(29)19-17(4-5-31-19)26(21(27)30)10-18(28)25-15-8-12(22)7-13(23)9-15/h2-9H,10H2,1H3,(H,25,28). The molecule has 0 atom stereocenters. The Balaban J connectivity index is 1.81. The molecule has 0 radical (unpaired) electrons. The lowest BCUT2D eigenvalue weighted by atomic mass is 10.2. The summed E-state index contributed by atoms with van der Waals surface area (Å²) in [5, 5.41) is 5.01. The Labute approximate surface area is 189 Å². The molecule has 4 aromatic rings. The van der Waals surface area contributed by atoms with Crippen LogP contribution in [0, 0.1) is 12.7 Å². The van der Waals surface area contributed by atoms with Crippen LogP contribution in [0.15, 0.2) is 57.4 Å². The van der Waals surface area contributed by atoms with Crippen molar-refractivity contribution in [3.63, 3.8) is 0 Å². The molecule has 6 nitrogen and oxygen atoms in total. The molecule has 1 N–H and O–H groups in total. The second kappa shape index (κ2) is 8.30. The van der Waals surface area contributed by atoms with Crippen molar-refractivity contribution < 1.29 is 9.18 Å². The number of carbonyl (C=O) groups excluding carboxylic acids is 1. The Morgan fingerprint density at radius 3 is 2.48 bits per heavy atom. The van der Waals surface area contributed by atoms with E-state index < -0.39 is 23.0 Å². The fourth-order valence-corrected chi connectivity index (χ4v) is 4.64. The van der Waals surface area contributed by atoms with Crippen molar-refractivity contribution in [2.45, 2.75) is 13.5 Å². The molecular formula is C21H14Cl2FN3O3S. The number of nitrogens with one attached hydrogen (secondary N) is 1. The number of halogens is 3. The molecule has 0 aliphatic heterocycles. The Morgan fingerprint density at radius 2 is 1.81 bits per heavy atom. The molecule has 0 spiro atoms. The van der Waals surface area contributed by atoms with Crippen LogP contribution in [0.1, 0.15) is 5.56 Å². The van der Waals surface area contributed by atoms with Crippen LogP contribution >= 0.6 is 34.5 Å². The summed E-state index contributed by atoms with van der Waals surface area (Å²) in [6, 6.07) is 9.96. The number of rotatable bonds is 4. The topological polar surface area (TPSA) is 73.1 Å². The summed E-state index contributed by atoms with van der Waals surface area (Å²) in [5.74, 6) is -0.986. The quantitative estimate of drug-likeness (QED) is 0.466. The van der Waals surface area contributed by atoms with E-state index in [4.69, 9.17) is 23.2 Å². The monoisotopic (exact) mass is 477 g/mol. The summed E-state index contributed by atoms with van der Waals surface area (Å²) in [6.45, 7) is 1.25. The van der Waals surface area contributed by atoms with E-state index in [9.17, 15) is 18.8 Å². The van der Waals surface area contributed by atoms with Gasteiger partial charge in [0, 0.05) is 15.7 Å². The third-order valence-corrected chi connectivity index (χ3v) is 5.93. The molecule has 2 aromatic carbocycles. The number of thiophene rings is 1. The van der Waals surface area contributed by atoms with Crippen molar-refractivity contribution in [2.75, 3.05) is 5.32 Å². The summed E-state index contributed by atoms with van der Waals surface area (Å²) in [4.78, 5) is 38.9. The molecule has 0 aliphatic rings. The zero-order valence-corrected chi connectivity index (χ0v) is 18.3. The van der Waals surface area contributed by atoms with Crippen LogP contribution in [0.25, 0.3) is 15.9 Å². The number of benzene rings is 2. The average Bonchev–Trinajstić information content (AvgIpc) is 3.16. The van der Waals surface area contributed by atoms with Gasteiger partial charge in [-0.2, -0.15) is 0 Å². The number of amides is 1. The van der Waals surface area contributed by atoms with Gasteiger partial charge >= 0.3 is 5.69 Å². The van der Waals surface area contributed by atoms with E-state index >= 15 is 0 Å². The van der Waals surface area contributed by atoms with Gasteiger partial charge in [0.2, 0.25) is 5.91 Å². The number of carbonyl (C=O) groups is 1. The lowest BCUT2D eigenvalue weighted by molar-refractivity contribution is -0.116. The van der Waals surface area contributed by atoms with Gasteiger partial charge in [-0.25, -0.2) is 13.8 Å². The van der Waals surface area contributed by atoms with Crippen LogP contribution in [0.4, 0.5) is 10.1 Å². The molecule has 0 saturated heterocycles. The maximum Gasteiger partial charge on any atom is 0.336 e. The van der Waals surface area contributed by atoms with E-state index in [1.54, 1.807) is 18.4 Å². The first-order chi connectivity index (χ1) is 14.7. The number of hydrogen-bond acceptors (Lipinski definition) is 4. The minimum absolute atomic E-state index is 0.252. The van der Waals surface area contributed by atoms with Crippen molar-refractivity contribution in [2.24, 2.45) is 0 Å². The summed E-state index contributed by atoms with van der Waals surface area (Å²) in [7, 11) is 0. The van der Waals surface area contributed by atoms with Crippen LogP contribution in [0.2, 0.25) is 10.0 Å². The summed E-state index contributed by atoms with van der Waals surface area (Å²) >= 11 is 13.1. The summed E-state index contributed by atoms with van der Waals surface area (Å²) < 4.78 is 16.0. The number of aryl methyl sites for hydroxylation is 1. The molecule has 2 aromatic heterocycles. The Kier molecular flexibility index (Phi) is 5.70. The Hall–Kier alpha value is -2.94. The molecule has 0 fully saturated rings. The Morgan fingerprint density at radius 1 is 1.10 bits per heavy atom. The highest BCUT2D eigenvalue weighted by atomic mass is 35.5. The fraction of sp³-hybridized carbons (Fsp3) is 0.0952. The molecular weight excluding hydrogens is 464 g/mol. The summed E-state index contributed by atoms with van der Waals surface area (Å²) in [5.41, 5.74) is 0.158. The van der Waals surface area contributed by atoms with Crippen LogP contribution in [-0.2, 0) is 11.3 Å². The lowest BCUT2D eigenvalue weighted by Crippen LogP contribution is -2.40. The molecule has 10 heteroatoms. The van der Waals surface area contributed by atoms with Crippen molar-refractivity contribution in [3.8, 4) is 5.69 Å². The van der Waals surface area contributed by atoms with Gasteiger partial charge in [-0.05, 0) is 60.3 Å². The smallest absolute Gasteiger partial charge is 0.324 e. The van der Waals surface area contributed by atoms with Crippen molar-refractivity contribution in [1.29, 1.82) is 0 Å². The molecule has 158 valence electrons. The van der Waals surface area contributed by atoms with Crippen molar-refractivity contribution in [1.82, 2.24) is 9.13 Å². The maximum atomic E-state index is 13.5. The van der Waals surface area contributed by atoms with Crippen LogP contribution in [0.5, 0.6) is 0 Å². The molecule has 0 aliphatic carbocycles. The fourth-order valence-electron chi connectivity index (χ4n) is 3.29. The summed E-state index contributed by atoms with van der Waals surface area (Å²) in [6.07, 6.45) is 0. The van der Waals surface area contributed by atoms with E-state index in [2.05, 4.69) is 5.32 Å². The number of hydrogen-bond donors (Lipinski definition) is 1. The van der Waals surface area contributed by atoms with E-state index in [0.717, 1.165) is 15.9 Å². The van der Waals surface area contributed by atoms with E-state index in [-0.39, 0.29) is 12.2 Å².